The average Bonchev–Trinajstić information content (AvgIpc) is 3.11. The topological polar surface area (TPSA) is 84.5 Å². The summed E-state index contributed by atoms with van der Waals surface area (Å²) in [5.74, 6) is -0.366. The van der Waals surface area contributed by atoms with E-state index in [0.717, 1.165) is 18.4 Å². The number of Topliss-reactive ketones (excluding diaryl/α,β-unsaturated/α-hetero) is 1. The van der Waals surface area contributed by atoms with Crippen molar-refractivity contribution >= 4 is 17.6 Å². The molecule has 1 fully saturated rings. The van der Waals surface area contributed by atoms with Crippen molar-refractivity contribution in [3.05, 3.63) is 35.4 Å². The zero-order chi connectivity index (χ0) is 17.4. The lowest BCUT2D eigenvalue weighted by molar-refractivity contribution is -0.130. The van der Waals surface area contributed by atoms with Crippen molar-refractivity contribution < 1.29 is 19.1 Å². The molecule has 2 N–H and O–H groups in total. The first kappa shape index (κ1) is 18.1. The summed E-state index contributed by atoms with van der Waals surface area (Å²) in [6, 6.07) is 7.31. The Hall–Kier alpha value is -2.21. The minimum absolute atomic E-state index is 0.0446. The van der Waals surface area contributed by atoms with E-state index in [-0.39, 0.29) is 36.5 Å². The number of aryl methyl sites for hydroxylation is 1. The number of ether oxygens (including phenoxy) is 1. The molecule has 1 aliphatic rings. The van der Waals surface area contributed by atoms with Crippen molar-refractivity contribution in [2.75, 3.05) is 19.7 Å². The Bertz CT molecular complexity index is 577. The molecule has 1 aromatic carbocycles. The van der Waals surface area contributed by atoms with Crippen LogP contribution in [-0.2, 0) is 14.3 Å². The summed E-state index contributed by atoms with van der Waals surface area (Å²) in [7, 11) is 0. The molecule has 0 aliphatic carbocycles. The Kier molecular flexibility index (Phi) is 6.93. The van der Waals surface area contributed by atoms with Crippen LogP contribution < -0.4 is 10.6 Å². The number of hydrogen-bond acceptors (Lipinski definition) is 4. The van der Waals surface area contributed by atoms with Gasteiger partial charge in [0, 0.05) is 38.1 Å². The molecule has 1 atom stereocenters. The van der Waals surface area contributed by atoms with Gasteiger partial charge in [-0.25, -0.2) is 0 Å². The molecule has 24 heavy (non-hydrogen) atoms. The summed E-state index contributed by atoms with van der Waals surface area (Å²) < 4.78 is 5.27. The standard InChI is InChI=1S/C18H24N2O4/c1-13-4-6-14(7-5-13)15(21)8-9-17(22)19-10-11-20-18(23)16-3-2-12-24-16/h4-7,16H,2-3,8-12H2,1H3,(H,19,22)(H,20,23). The molecule has 6 heteroatoms. The van der Waals surface area contributed by atoms with Crippen LogP contribution in [-0.4, -0.2) is 43.4 Å². The van der Waals surface area contributed by atoms with Gasteiger partial charge in [0.25, 0.3) is 0 Å². The Morgan fingerprint density at radius 2 is 1.79 bits per heavy atom. The quantitative estimate of drug-likeness (QED) is 0.556. The summed E-state index contributed by atoms with van der Waals surface area (Å²) in [6.07, 6.45) is 1.63. The number of amides is 2. The number of rotatable bonds is 8. The third-order valence-corrected chi connectivity index (χ3v) is 3.92. The van der Waals surface area contributed by atoms with Gasteiger partial charge >= 0.3 is 0 Å². The molecule has 2 amide bonds. The fraction of sp³-hybridized carbons (Fsp3) is 0.500. The van der Waals surface area contributed by atoms with Gasteiger partial charge in [-0.05, 0) is 19.8 Å². The SMILES string of the molecule is Cc1ccc(C(=O)CCC(=O)NCCNC(=O)C2CCCO2)cc1. The molecule has 0 saturated carbocycles. The van der Waals surface area contributed by atoms with E-state index in [1.165, 1.54) is 0 Å². The van der Waals surface area contributed by atoms with E-state index in [1.807, 2.05) is 19.1 Å². The highest BCUT2D eigenvalue weighted by molar-refractivity contribution is 5.97. The molecule has 6 nitrogen and oxygen atoms in total. The van der Waals surface area contributed by atoms with Crippen LogP contribution in [0.5, 0.6) is 0 Å². The molecule has 1 aliphatic heterocycles. The Balaban J connectivity index is 1.58. The van der Waals surface area contributed by atoms with E-state index in [1.54, 1.807) is 12.1 Å². The van der Waals surface area contributed by atoms with Crippen molar-refractivity contribution in [3.63, 3.8) is 0 Å². The van der Waals surface area contributed by atoms with Crippen LogP contribution in [0.1, 0.15) is 41.6 Å². The van der Waals surface area contributed by atoms with Gasteiger partial charge in [-0.1, -0.05) is 29.8 Å². The highest BCUT2D eigenvalue weighted by Crippen LogP contribution is 2.11. The van der Waals surface area contributed by atoms with Gasteiger partial charge in [-0.15, -0.1) is 0 Å². The van der Waals surface area contributed by atoms with Crippen LogP contribution in [0, 0.1) is 6.92 Å². The highest BCUT2D eigenvalue weighted by atomic mass is 16.5. The van der Waals surface area contributed by atoms with E-state index in [0.29, 0.717) is 25.3 Å². The normalized spacial score (nSPS) is 16.6. The van der Waals surface area contributed by atoms with E-state index in [4.69, 9.17) is 4.74 Å². The van der Waals surface area contributed by atoms with Crippen LogP contribution >= 0.6 is 0 Å². The predicted octanol–water partition coefficient (Wildman–Crippen LogP) is 1.37. The number of ketones is 1. The molecule has 0 radical (unpaired) electrons. The number of nitrogens with one attached hydrogen (secondary N) is 2. The molecule has 1 aromatic rings. The van der Waals surface area contributed by atoms with E-state index < -0.39 is 0 Å². The maximum atomic E-state index is 12.0. The van der Waals surface area contributed by atoms with Gasteiger partial charge in [-0.2, -0.15) is 0 Å². The first-order valence-corrected chi connectivity index (χ1v) is 8.32. The van der Waals surface area contributed by atoms with Gasteiger partial charge in [0.15, 0.2) is 5.78 Å². The van der Waals surface area contributed by atoms with Crippen molar-refractivity contribution in [1.82, 2.24) is 10.6 Å². The lowest BCUT2D eigenvalue weighted by Crippen LogP contribution is -2.39. The monoisotopic (exact) mass is 332 g/mol. The molecule has 1 unspecified atom stereocenters. The Morgan fingerprint density at radius 3 is 2.46 bits per heavy atom. The third-order valence-electron chi connectivity index (χ3n) is 3.92. The molecule has 0 bridgehead atoms. The molecule has 2 rings (SSSR count). The highest BCUT2D eigenvalue weighted by Gasteiger charge is 2.22. The maximum Gasteiger partial charge on any atom is 0.249 e. The Labute approximate surface area is 142 Å². The average molecular weight is 332 g/mol. The molecular weight excluding hydrogens is 308 g/mol. The van der Waals surface area contributed by atoms with Crippen molar-refractivity contribution in [3.8, 4) is 0 Å². The largest absolute Gasteiger partial charge is 0.368 e. The number of hydrogen-bond donors (Lipinski definition) is 2. The summed E-state index contributed by atoms with van der Waals surface area (Å²) in [5, 5.41) is 5.43. The zero-order valence-electron chi connectivity index (χ0n) is 14.0. The van der Waals surface area contributed by atoms with Crippen LogP contribution in [0.4, 0.5) is 0 Å². The van der Waals surface area contributed by atoms with Crippen molar-refractivity contribution in [2.45, 2.75) is 38.7 Å². The van der Waals surface area contributed by atoms with E-state index in [2.05, 4.69) is 10.6 Å². The molecule has 130 valence electrons. The smallest absolute Gasteiger partial charge is 0.249 e. The molecule has 0 spiro atoms. The second-order valence-corrected chi connectivity index (χ2v) is 5.93. The molecule has 0 aromatic heterocycles. The second-order valence-electron chi connectivity index (χ2n) is 5.93. The summed E-state index contributed by atoms with van der Waals surface area (Å²) >= 11 is 0. The Morgan fingerprint density at radius 1 is 1.08 bits per heavy atom. The minimum Gasteiger partial charge on any atom is -0.368 e. The van der Waals surface area contributed by atoms with Crippen LogP contribution in [0.2, 0.25) is 0 Å². The number of carbonyl (C=O) groups is 3. The van der Waals surface area contributed by atoms with Crippen LogP contribution in [0.15, 0.2) is 24.3 Å². The van der Waals surface area contributed by atoms with E-state index >= 15 is 0 Å². The van der Waals surface area contributed by atoms with Gasteiger partial charge < -0.3 is 15.4 Å². The lowest BCUT2D eigenvalue weighted by Gasteiger charge is -2.10. The van der Waals surface area contributed by atoms with E-state index in [9.17, 15) is 14.4 Å². The second kappa shape index (κ2) is 9.17. The fourth-order valence-corrected chi connectivity index (χ4v) is 2.49. The lowest BCUT2D eigenvalue weighted by atomic mass is 10.1. The molecular formula is C18H24N2O4. The predicted molar refractivity (Wildman–Crippen MR) is 89.7 cm³/mol. The fourth-order valence-electron chi connectivity index (χ4n) is 2.49. The summed E-state index contributed by atoms with van der Waals surface area (Å²) in [6.45, 7) is 3.29. The summed E-state index contributed by atoms with van der Waals surface area (Å²) in [4.78, 5) is 35.4. The van der Waals surface area contributed by atoms with Crippen molar-refractivity contribution in [2.24, 2.45) is 0 Å². The summed E-state index contributed by atoms with van der Waals surface area (Å²) in [5.41, 5.74) is 1.71. The first-order chi connectivity index (χ1) is 11.6. The van der Waals surface area contributed by atoms with Gasteiger partial charge in [0.2, 0.25) is 11.8 Å². The number of benzene rings is 1. The van der Waals surface area contributed by atoms with Crippen LogP contribution in [0.25, 0.3) is 0 Å². The van der Waals surface area contributed by atoms with Crippen molar-refractivity contribution in [1.29, 1.82) is 0 Å². The third kappa shape index (κ3) is 5.77. The first-order valence-electron chi connectivity index (χ1n) is 8.32. The van der Waals surface area contributed by atoms with Crippen LogP contribution in [0.3, 0.4) is 0 Å². The maximum absolute atomic E-state index is 12.0. The minimum atomic E-state index is -0.354. The zero-order valence-corrected chi connectivity index (χ0v) is 14.0. The van der Waals surface area contributed by atoms with Gasteiger partial charge in [0.05, 0.1) is 0 Å². The molecule has 1 heterocycles. The molecule has 1 saturated heterocycles. The van der Waals surface area contributed by atoms with Gasteiger partial charge in [0.1, 0.15) is 6.10 Å². The number of carbonyl (C=O) groups excluding carboxylic acids is 3. The van der Waals surface area contributed by atoms with Gasteiger partial charge in [-0.3, -0.25) is 14.4 Å².